The predicted octanol–water partition coefficient (Wildman–Crippen LogP) is 4.38. The number of rotatable bonds is 3. The second-order valence-electron chi connectivity index (χ2n) is 6.47. The lowest BCUT2D eigenvalue weighted by atomic mass is 9.99. The van der Waals surface area contributed by atoms with Gasteiger partial charge in [0.1, 0.15) is 0 Å². The van der Waals surface area contributed by atoms with E-state index in [2.05, 4.69) is 10.1 Å². The zero-order valence-electron chi connectivity index (χ0n) is 12.1. The summed E-state index contributed by atoms with van der Waals surface area (Å²) in [6.07, 6.45) is 5.12. The van der Waals surface area contributed by atoms with Gasteiger partial charge >= 0.3 is 0 Å². The Labute approximate surface area is 139 Å². The van der Waals surface area contributed by atoms with Crippen LogP contribution in [0, 0.1) is 0 Å². The van der Waals surface area contributed by atoms with E-state index in [0.717, 1.165) is 37.7 Å². The monoisotopic (exact) mass is 337 g/mol. The number of benzene rings is 1. The van der Waals surface area contributed by atoms with Gasteiger partial charge in [0.25, 0.3) is 0 Å². The van der Waals surface area contributed by atoms with E-state index in [1.165, 1.54) is 0 Å². The Kier molecular flexibility index (Phi) is 3.44. The minimum Gasteiger partial charge on any atom is -0.339 e. The van der Waals surface area contributed by atoms with Crippen LogP contribution >= 0.6 is 23.2 Å². The number of nitrogens with zero attached hydrogens (tertiary/aromatic N) is 2. The topological polar surface area (TPSA) is 64.9 Å². The summed E-state index contributed by atoms with van der Waals surface area (Å²) < 4.78 is 5.47. The summed E-state index contributed by atoms with van der Waals surface area (Å²) in [6, 6.07) is 5.65. The molecule has 2 saturated carbocycles. The normalized spacial score (nSPS) is 26.3. The Hall–Kier alpha value is -1.10. The minimum atomic E-state index is -0.397. The molecule has 0 radical (unpaired) electrons. The Bertz CT molecular complexity index is 689. The molecule has 0 aliphatic heterocycles. The SMILES string of the molecule is NC1(c2noc(C3CC3c3cc(Cl)cc(Cl)c3)n2)CCCC1. The molecule has 2 unspecified atom stereocenters. The van der Waals surface area contributed by atoms with Crippen LogP contribution in [0.1, 0.15) is 61.2 Å². The number of hydrogen-bond donors (Lipinski definition) is 1. The van der Waals surface area contributed by atoms with Crippen LogP contribution in [-0.2, 0) is 5.54 Å². The molecule has 2 atom stereocenters. The van der Waals surface area contributed by atoms with Crippen molar-refractivity contribution in [3.63, 3.8) is 0 Å². The fourth-order valence-electron chi connectivity index (χ4n) is 3.44. The zero-order valence-corrected chi connectivity index (χ0v) is 13.6. The van der Waals surface area contributed by atoms with Crippen LogP contribution in [0.2, 0.25) is 10.0 Å². The van der Waals surface area contributed by atoms with Crippen molar-refractivity contribution in [1.29, 1.82) is 0 Å². The fourth-order valence-corrected chi connectivity index (χ4v) is 3.99. The zero-order chi connectivity index (χ0) is 15.3. The van der Waals surface area contributed by atoms with Gasteiger partial charge in [0.2, 0.25) is 5.89 Å². The van der Waals surface area contributed by atoms with E-state index in [1.807, 2.05) is 12.1 Å². The molecule has 1 aromatic carbocycles. The average molecular weight is 338 g/mol. The molecule has 0 saturated heterocycles. The van der Waals surface area contributed by atoms with E-state index in [1.54, 1.807) is 6.07 Å². The number of aromatic nitrogens is 2. The summed E-state index contributed by atoms with van der Waals surface area (Å²) >= 11 is 12.1. The Balaban J connectivity index is 1.54. The highest BCUT2D eigenvalue weighted by molar-refractivity contribution is 6.34. The largest absolute Gasteiger partial charge is 0.339 e. The van der Waals surface area contributed by atoms with Gasteiger partial charge in [-0.25, -0.2) is 0 Å². The van der Waals surface area contributed by atoms with Gasteiger partial charge in [-0.3, -0.25) is 0 Å². The lowest BCUT2D eigenvalue weighted by Gasteiger charge is -2.17. The molecule has 1 heterocycles. The molecule has 0 bridgehead atoms. The molecule has 2 N–H and O–H groups in total. The number of hydrogen-bond acceptors (Lipinski definition) is 4. The number of nitrogens with two attached hydrogens (primary N) is 1. The summed E-state index contributed by atoms with van der Waals surface area (Å²) in [5.74, 6) is 1.95. The maximum absolute atomic E-state index is 6.38. The molecule has 6 heteroatoms. The van der Waals surface area contributed by atoms with Crippen molar-refractivity contribution in [2.24, 2.45) is 5.73 Å². The fraction of sp³-hybridized carbons (Fsp3) is 0.500. The smallest absolute Gasteiger partial charge is 0.230 e. The van der Waals surface area contributed by atoms with E-state index in [0.29, 0.717) is 27.7 Å². The molecule has 2 fully saturated rings. The van der Waals surface area contributed by atoms with E-state index in [4.69, 9.17) is 33.5 Å². The third kappa shape index (κ3) is 2.53. The van der Waals surface area contributed by atoms with Gasteiger partial charge in [0.05, 0.1) is 5.54 Å². The maximum Gasteiger partial charge on any atom is 0.230 e. The molecule has 0 spiro atoms. The van der Waals surface area contributed by atoms with Gasteiger partial charge in [-0.15, -0.1) is 0 Å². The van der Waals surface area contributed by atoms with E-state index in [9.17, 15) is 0 Å². The van der Waals surface area contributed by atoms with Crippen LogP contribution in [-0.4, -0.2) is 10.1 Å². The number of halogens is 2. The summed E-state index contributed by atoms with van der Waals surface area (Å²) in [5.41, 5.74) is 7.11. The highest BCUT2D eigenvalue weighted by Crippen LogP contribution is 2.55. The van der Waals surface area contributed by atoms with Crippen molar-refractivity contribution in [2.75, 3.05) is 0 Å². The second-order valence-corrected chi connectivity index (χ2v) is 7.34. The van der Waals surface area contributed by atoms with Crippen molar-refractivity contribution in [2.45, 2.75) is 49.5 Å². The highest BCUT2D eigenvalue weighted by Gasteiger charge is 2.45. The van der Waals surface area contributed by atoms with Crippen molar-refractivity contribution in [3.8, 4) is 0 Å². The first-order chi connectivity index (χ1) is 10.5. The molecule has 1 aromatic heterocycles. The molecule has 4 nitrogen and oxygen atoms in total. The van der Waals surface area contributed by atoms with Crippen LogP contribution < -0.4 is 5.73 Å². The molecular weight excluding hydrogens is 321 g/mol. The summed E-state index contributed by atoms with van der Waals surface area (Å²) in [6.45, 7) is 0. The highest BCUT2D eigenvalue weighted by atomic mass is 35.5. The summed E-state index contributed by atoms with van der Waals surface area (Å²) in [4.78, 5) is 4.58. The molecule has 4 rings (SSSR count). The van der Waals surface area contributed by atoms with Crippen LogP contribution in [0.4, 0.5) is 0 Å². The van der Waals surface area contributed by atoms with Gasteiger partial charge in [0, 0.05) is 16.0 Å². The van der Waals surface area contributed by atoms with Crippen LogP contribution in [0.5, 0.6) is 0 Å². The molecule has 0 amide bonds. The molecule has 2 aromatic rings. The quantitative estimate of drug-likeness (QED) is 0.902. The van der Waals surface area contributed by atoms with Crippen molar-refractivity contribution in [1.82, 2.24) is 10.1 Å². The third-order valence-corrected chi connectivity index (χ3v) is 5.24. The second kappa shape index (κ2) is 5.22. The predicted molar refractivity (Wildman–Crippen MR) is 85.2 cm³/mol. The van der Waals surface area contributed by atoms with E-state index in [-0.39, 0.29) is 5.92 Å². The Morgan fingerprint density at radius 3 is 2.45 bits per heavy atom. The maximum atomic E-state index is 6.38. The van der Waals surface area contributed by atoms with Gasteiger partial charge < -0.3 is 10.3 Å². The molecule has 2 aliphatic carbocycles. The lowest BCUT2D eigenvalue weighted by Crippen LogP contribution is -2.34. The summed E-state index contributed by atoms with van der Waals surface area (Å²) in [7, 11) is 0. The average Bonchev–Trinajstić information content (AvgIpc) is 2.90. The lowest BCUT2D eigenvalue weighted by molar-refractivity contribution is 0.348. The standard InChI is InChI=1S/C16H17Cl2N3O/c17-10-5-9(6-11(18)7-10)12-8-13(12)14-20-15(21-22-14)16(19)3-1-2-4-16/h5-7,12-13H,1-4,8,19H2. The molecule has 2 aliphatic rings. The van der Waals surface area contributed by atoms with Gasteiger partial charge in [-0.05, 0) is 48.9 Å². The van der Waals surface area contributed by atoms with Crippen molar-refractivity contribution >= 4 is 23.2 Å². The van der Waals surface area contributed by atoms with Gasteiger partial charge in [0.15, 0.2) is 5.82 Å². The van der Waals surface area contributed by atoms with Crippen LogP contribution in [0.3, 0.4) is 0 Å². The van der Waals surface area contributed by atoms with Crippen molar-refractivity contribution < 1.29 is 4.52 Å². The Morgan fingerprint density at radius 2 is 1.77 bits per heavy atom. The van der Waals surface area contributed by atoms with E-state index >= 15 is 0 Å². The molecule has 116 valence electrons. The first kappa shape index (κ1) is 14.5. The van der Waals surface area contributed by atoms with Crippen LogP contribution in [0.25, 0.3) is 0 Å². The van der Waals surface area contributed by atoms with Gasteiger partial charge in [-0.2, -0.15) is 4.98 Å². The minimum absolute atomic E-state index is 0.251. The first-order valence-electron chi connectivity index (χ1n) is 7.64. The molecular formula is C16H17Cl2N3O. The third-order valence-electron chi connectivity index (χ3n) is 4.80. The first-order valence-corrected chi connectivity index (χ1v) is 8.40. The van der Waals surface area contributed by atoms with E-state index < -0.39 is 5.54 Å². The Morgan fingerprint density at radius 1 is 1.09 bits per heavy atom. The summed E-state index contributed by atoms with van der Waals surface area (Å²) in [5, 5.41) is 5.45. The van der Waals surface area contributed by atoms with Crippen LogP contribution in [0.15, 0.2) is 22.7 Å². The van der Waals surface area contributed by atoms with Gasteiger partial charge in [-0.1, -0.05) is 41.2 Å². The van der Waals surface area contributed by atoms with Crippen molar-refractivity contribution in [3.05, 3.63) is 45.5 Å². The molecule has 22 heavy (non-hydrogen) atoms.